The maximum Gasteiger partial charge on any atom is 0.00115 e. The molecule has 0 aliphatic heterocycles. The molecule has 0 aromatic rings. The molecule has 20 heavy (non-hydrogen) atoms. The summed E-state index contributed by atoms with van der Waals surface area (Å²) >= 11 is 0. The van der Waals surface area contributed by atoms with Crippen LogP contribution in [0.3, 0.4) is 0 Å². The van der Waals surface area contributed by atoms with Crippen LogP contribution in [-0.4, -0.2) is 5.78 Å². The van der Waals surface area contributed by atoms with E-state index in [1.54, 1.807) is 13.3 Å². The van der Waals surface area contributed by atoms with Crippen LogP contribution in [0.1, 0.15) is 20.8 Å². The van der Waals surface area contributed by atoms with E-state index in [0.29, 0.717) is 0 Å². The fourth-order valence-corrected chi connectivity index (χ4v) is 0.333. The van der Waals surface area contributed by atoms with Gasteiger partial charge in [-0.3, -0.25) is 0 Å². The van der Waals surface area contributed by atoms with Gasteiger partial charge in [0.1, 0.15) is 0 Å². The Balaban J connectivity index is -0.00000000231. The second kappa shape index (κ2) is 76.6. The smallest absolute Gasteiger partial charge is 0.00115 e. The minimum atomic E-state index is 0. The molecule has 0 aliphatic rings. The first-order chi connectivity index (χ1) is 3.18. The van der Waals surface area contributed by atoms with Crippen molar-refractivity contribution in [1.82, 2.24) is 0 Å². The third kappa shape index (κ3) is 76.9. The van der Waals surface area contributed by atoms with Gasteiger partial charge in [-0.25, -0.2) is 0 Å². The van der Waals surface area contributed by atoms with Gasteiger partial charge in [-0.2, -0.15) is 6.92 Å². The summed E-state index contributed by atoms with van der Waals surface area (Å²) in [7, 11) is 0. The summed E-state index contributed by atoms with van der Waals surface area (Å²) in [6.07, 6.45) is 1.60. The van der Waals surface area contributed by atoms with Gasteiger partial charge >= 0.3 is 0 Å². The Morgan fingerprint density at radius 3 is 0.750 bits per heavy atom. The van der Waals surface area contributed by atoms with E-state index in [2.05, 4.69) is 0 Å². The molecule has 0 aromatic carbocycles. The Kier molecular flexibility index (Phi) is 355. The Morgan fingerprint density at radius 1 is 0.600 bits per heavy atom. The molecule has 0 aliphatic carbocycles. The molecule has 81 valence electrons. The van der Waals surface area contributed by atoms with Crippen molar-refractivity contribution in [2.24, 2.45) is 5.92 Å². The topological polar surface area (TPSA) is 17.1 Å². The summed E-state index contributed by atoms with van der Waals surface area (Å²) in [5, 5.41) is 0. The molecule has 0 fully saturated rings. The van der Waals surface area contributed by atoms with Crippen LogP contribution in [-0.2, 0) is 430 Å². The second-order valence-electron chi connectivity index (χ2n) is 1.85. The first kappa shape index (κ1) is 92.7. The summed E-state index contributed by atoms with van der Waals surface area (Å²) in [4.78, 5) is 10.5. The van der Waals surface area contributed by atoms with Crippen LogP contribution in [0.25, 0.3) is 0 Å². The number of rotatable bonds is 2. The number of hydrogen-bond donors (Lipinski definition) is 0. The van der Waals surface area contributed by atoms with Crippen LogP contribution >= 0.6 is 0 Å². The molecule has 0 atom stereocenters. The molecule has 0 heterocycles. The van der Waals surface area contributed by atoms with E-state index in [-0.39, 0.29) is 437 Å². The third-order valence-electron chi connectivity index (χ3n) is 0.854. The molecule has 0 spiro atoms. The minimum Gasteiger partial charge on any atom is -0.334 e. The van der Waals surface area contributed by atoms with Crippen LogP contribution < -0.4 is 0 Å². The van der Waals surface area contributed by atoms with Crippen LogP contribution in [0, 0.1) is 12.3 Å². The van der Waals surface area contributed by atoms with Gasteiger partial charge in [-0.1, -0.05) is 13.8 Å². The first-order valence-electron chi connectivity index (χ1n) is 2.51. The van der Waals surface area contributed by atoms with E-state index in [1.807, 2.05) is 13.8 Å². The summed E-state index contributed by atoms with van der Waals surface area (Å²) in [6.45, 7) is 5.55. The minimum absolute atomic E-state index is 0. The van der Waals surface area contributed by atoms with Crippen molar-refractivity contribution in [2.45, 2.75) is 20.8 Å². The van der Waals surface area contributed by atoms with Gasteiger partial charge in [0.25, 0.3) is 0 Å². The molecule has 0 saturated carbocycles. The summed E-state index contributed by atoms with van der Waals surface area (Å²) in [6, 6.07) is 0. The Morgan fingerprint density at radius 2 is 0.750 bits per heavy atom. The van der Waals surface area contributed by atoms with E-state index >= 15 is 0 Å². The van der Waals surface area contributed by atoms with Crippen molar-refractivity contribution in [2.75, 3.05) is 0 Å². The van der Waals surface area contributed by atoms with Gasteiger partial charge in [0, 0.05) is 431 Å². The standard InChI is InChI=1S/C6H11O.13Y/c1-4-6(7)5(2)3;;;;;;;;;;;;;/h4-5H,1-3H3;;;;;;;;;;;;;/q-1;;;;;;;;;;;;;. The quantitative estimate of drug-likeness (QED) is 0.383. The molecule has 0 amide bonds. The molecule has 0 unspecified atom stereocenters. The average molecular weight is 1250 g/mol. The summed E-state index contributed by atoms with van der Waals surface area (Å²) in [5.41, 5.74) is 0. The molecule has 0 N–H and O–H groups in total. The van der Waals surface area contributed by atoms with E-state index in [1.165, 1.54) is 0 Å². The molecule has 13 radical (unpaired) electrons. The number of carbonyl (C=O) groups excluding carboxylic acids is 1. The SMILES string of the molecule is C[CH-]C(=O)C(C)C.[Y].[Y].[Y].[Y].[Y].[Y].[Y].[Y].[Y].[Y].[Y].[Y].[Y]. The van der Waals surface area contributed by atoms with Gasteiger partial charge in [0.15, 0.2) is 0 Å². The molecule has 0 saturated heterocycles. The van der Waals surface area contributed by atoms with Crippen molar-refractivity contribution in [3.05, 3.63) is 6.42 Å². The van der Waals surface area contributed by atoms with E-state index < -0.39 is 0 Å². The van der Waals surface area contributed by atoms with Crippen LogP contribution in [0.2, 0.25) is 0 Å². The van der Waals surface area contributed by atoms with Crippen LogP contribution in [0.4, 0.5) is 0 Å². The number of ketones is 1. The predicted octanol–water partition coefficient (Wildman–Crippen LogP) is 1.40. The molecule has 0 rings (SSSR count). The van der Waals surface area contributed by atoms with Gasteiger partial charge in [-0.15, -0.1) is 0 Å². The van der Waals surface area contributed by atoms with E-state index in [9.17, 15) is 4.79 Å². The number of carbonyl (C=O) groups is 1. The summed E-state index contributed by atoms with van der Waals surface area (Å²) in [5.74, 6) is 0.394. The average Bonchev–Trinajstić information content (AvgIpc) is 1.65. The van der Waals surface area contributed by atoms with Crippen LogP contribution in [0.15, 0.2) is 0 Å². The normalized spacial score (nSPS) is 3.20. The Bertz CT molecular complexity index is 83.3. The Hall–Kier alpha value is 13.9. The maximum atomic E-state index is 10.5. The van der Waals surface area contributed by atoms with Crippen molar-refractivity contribution >= 4 is 5.78 Å². The largest absolute Gasteiger partial charge is 0.334 e. The fraction of sp³-hybridized carbons (Fsp3) is 0.667. The molecule has 0 aromatic heterocycles. The molecule has 1 nitrogen and oxygen atoms in total. The number of hydrogen-bond acceptors (Lipinski definition) is 1. The van der Waals surface area contributed by atoms with E-state index in [0.717, 1.165) is 0 Å². The monoisotopic (exact) mass is 1250 g/mol. The van der Waals surface area contributed by atoms with Crippen molar-refractivity contribution < 1.29 is 430 Å². The predicted molar refractivity (Wildman–Crippen MR) is 29.8 cm³/mol. The zero-order valence-electron chi connectivity index (χ0n) is 12.6. The van der Waals surface area contributed by atoms with Crippen molar-refractivity contribution in [3.63, 3.8) is 0 Å². The van der Waals surface area contributed by atoms with Gasteiger partial charge in [0.2, 0.25) is 0 Å². The fourth-order valence-electron chi connectivity index (χ4n) is 0.333. The molecular formula is C6H11OY13-. The zero-order valence-corrected chi connectivity index (χ0v) is 49.5. The number of Topliss-reactive ketones (excluding diaryl/α,β-unsaturated/α-hetero) is 1. The maximum absolute atomic E-state index is 10.5. The zero-order chi connectivity index (χ0) is 5.86. The van der Waals surface area contributed by atoms with Crippen LogP contribution in [0.5, 0.6) is 0 Å². The van der Waals surface area contributed by atoms with Gasteiger partial charge < -0.3 is 11.2 Å². The molecular weight excluding hydrogens is 1240 g/mol. The summed E-state index contributed by atoms with van der Waals surface area (Å²) < 4.78 is 0. The Labute approximate surface area is 453 Å². The molecule has 14 heteroatoms. The van der Waals surface area contributed by atoms with Gasteiger partial charge in [-0.05, 0) is 5.92 Å². The van der Waals surface area contributed by atoms with E-state index in [4.69, 9.17) is 0 Å². The third-order valence-corrected chi connectivity index (χ3v) is 0.854. The van der Waals surface area contributed by atoms with Crippen molar-refractivity contribution in [3.8, 4) is 0 Å². The first-order valence-corrected chi connectivity index (χ1v) is 2.51. The second-order valence-corrected chi connectivity index (χ2v) is 1.85. The van der Waals surface area contributed by atoms with Crippen molar-refractivity contribution in [1.29, 1.82) is 0 Å². The van der Waals surface area contributed by atoms with Gasteiger partial charge in [0.05, 0.1) is 0 Å². The molecule has 0 bridgehead atoms.